The molecule has 0 saturated heterocycles. The molecule has 0 radical (unpaired) electrons. The molecule has 1 aliphatic rings. The highest BCUT2D eigenvalue weighted by molar-refractivity contribution is 5.97. The second-order valence-corrected chi connectivity index (χ2v) is 8.87. The number of fused-ring (bicyclic) bond motifs is 2. The molecule has 2 heterocycles. The number of aryl methyl sites for hydroxylation is 2. The SMILES string of the molecule is CCCc1cc2c(=O)c(-c3ccc4c(c3)OCCO4)c(C)oc2cc1OCC(=O)c1ccc(OC)cc1. The van der Waals surface area contributed by atoms with Crippen LogP contribution in [0.25, 0.3) is 22.1 Å². The van der Waals surface area contributed by atoms with Crippen LogP contribution in [-0.4, -0.2) is 32.7 Å². The molecule has 4 aromatic rings. The summed E-state index contributed by atoms with van der Waals surface area (Å²) in [6, 6.07) is 15.9. The number of hydrogen-bond acceptors (Lipinski definition) is 7. The van der Waals surface area contributed by atoms with E-state index in [1.54, 1.807) is 44.4 Å². The molecule has 1 aliphatic heterocycles. The first-order chi connectivity index (χ1) is 18.0. The Morgan fingerprint density at radius 2 is 1.73 bits per heavy atom. The summed E-state index contributed by atoms with van der Waals surface area (Å²) in [7, 11) is 1.58. The number of carbonyl (C=O) groups excluding carboxylic acids is 1. The molecule has 5 rings (SSSR count). The molecule has 0 unspecified atom stereocenters. The van der Waals surface area contributed by atoms with Gasteiger partial charge in [-0.3, -0.25) is 9.59 Å². The first-order valence-corrected chi connectivity index (χ1v) is 12.3. The van der Waals surface area contributed by atoms with E-state index >= 15 is 0 Å². The summed E-state index contributed by atoms with van der Waals surface area (Å²) in [5.74, 6) is 2.81. The fourth-order valence-electron chi connectivity index (χ4n) is 4.51. The minimum Gasteiger partial charge on any atom is -0.497 e. The van der Waals surface area contributed by atoms with Gasteiger partial charge in [0.1, 0.15) is 36.1 Å². The monoisotopic (exact) mass is 500 g/mol. The number of ether oxygens (including phenoxy) is 4. The van der Waals surface area contributed by atoms with Crippen molar-refractivity contribution < 1.29 is 28.2 Å². The van der Waals surface area contributed by atoms with E-state index in [0.717, 1.165) is 12.0 Å². The first-order valence-electron chi connectivity index (χ1n) is 12.3. The number of rotatable bonds is 8. The van der Waals surface area contributed by atoms with Crippen LogP contribution in [0.2, 0.25) is 0 Å². The number of ketones is 1. The molecule has 0 N–H and O–H groups in total. The minimum absolute atomic E-state index is 0.131. The van der Waals surface area contributed by atoms with Crippen LogP contribution in [0.15, 0.2) is 63.8 Å². The van der Waals surface area contributed by atoms with E-state index in [0.29, 0.717) is 76.1 Å². The molecule has 0 aliphatic carbocycles. The minimum atomic E-state index is -0.156. The maximum absolute atomic E-state index is 13.7. The number of methoxy groups -OCH3 is 1. The topological polar surface area (TPSA) is 84.2 Å². The summed E-state index contributed by atoms with van der Waals surface area (Å²) < 4.78 is 28.5. The highest BCUT2D eigenvalue weighted by atomic mass is 16.6. The second kappa shape index (κ2) is 10.4. The maximum atomic E-state index is 13.7. The molecule has 1 aromatic heterocycles. The van der Waals surface area contributed by atoms with Gasteiger partial charge in [-0.15, -0.1) is 0 Å². The molecule has 7 heteroatoms. The van der Waals surface area contributed by atoms with Crippen LogP contribution in [0.4, 0.5) is 0 Å². The zero-order chi connectivity index (χ0) is 25.9. The van der Waals surface area contributed by atoms with E-state index in [1.165, 1.54) is 0 Å². The van der Waals surface area contributed by atoms with Gasteiger partial charge in [-0.2, -0.15) is 0 Å². The summed E-state index contributed by atoms with van der Waals surface area (Å²) in [5.41, 5.74) is 2.85. The molecule has 7 nitrogen and oxygen atoms in total. The Hall–Kier alpha value is -4.26. The van der Waals surface area contributed by atoms with E-state index in [2.05, 4.69) is 6.92 Å². The number of Topliss-reactive ketones (excluding diaryl/α,β-unsaturated/α-hetero) is 1. The average molecular weight is 501 g/mol. The van der Waals surface area contributed by atoms with Gasteiger partial charge < -0.3 is 23.4 Å². The molecule has 0 bridgehead atoms. The number of hydrogen-bond donors (Lipinski definition) is 0. The average Bonchev–Trinajstić information content (AvgIpc) is 2.92. The molecule has 190 valence electrons. The lowest BCUT2D eigenvalue weighted by molar-refractivity contribution is 0.0921. The highest BCUT2D eigenvalue weighted by Gasteiger charge is 2.20. The van der Waals surface area contributed by atoms with Crippen molar-refractivity contribution in [1.29, 1.82) is 0 Å². The van der Waals surface area contributed by atoms with Crippen LogP contribution >= 0.6 is 0 Å². The quantitative estimate of drug-likeness (QED) is 0.284. The zero-order valence-electron chi connectivity index (χ0n) is 21.1. The Kier molecular flexibility index (Phi) is 6.86. The summed E-state index contributed by atoms with van der Waals surface area (Å²) in [5, 5.41) is 0.466. The van der Waals surface area contributed by atoms with Crippen molar-refractivity contribution in [3.63, 3.8) is 0 Å². The Morgan fingerprint density at radius 1 is 0.973 bits per heavy atom. The van der Waals surface area contributed by atoms with E-state index < -0.39 is 0 Å². The summed E-state index contributed by atoms with van der Waals surface area (Å²) >= 11 is 0. The van der Waals surface area contributed by atoms with Crippen LogP contribution in [0.3, 0.4) is 0 Å². The van der Waals surface area contributed by atoms with Crippen LogP contribution in [0, 0.1) is 6.92 Å². The van der Waals surface area contributed by atoms with Gasteiger partial charge in [0.05, 0.1) is 18.1 Å². The molecule has 0 fully saturated rings. The molecular formula is C30H28O7. The van der Waals surface area contributed by atoms with Gasteiger partial charge >= 0.3 is 0 Å². The Bertz CT molecular complexity index is 1520. The van der Waals surface area contributed by atoms with Crippen molar-refractivity contribution in [2.75, 3.05) is 26.9 Å². The molecule has 0 spiro atoms. The van der Waals surface area contributed by atoms with Crippen molar-refractivity contribution in [1.82, 2.24) is 0 Å². The smallest absolute Gasteiger partial charge is 0.200 e. The third-order valence-corrected chi connectivity index (χ3v) is 6.37. The number of benzene rings is 3. The molecule has 37 heavy (non-hydrogen) atoms. The van der Waals surface area contributed by atoms with E-state index in [9.17, 15) is 9.59 Å². The van der Waals surface area contributed by atoms with Crippen molar-refractivity contribution in [3.05, 3.63) is 81.7 Å². The standard InChI is InChI=1S/C30H28O7/c1-4-5-20-14-23-27(16-26(20)36-17-24(31)19-6-9-22(33-3)10-7-19)37-18(2)29(30(23)32)21-8-11-25-28(15-21)35-13-12-34-25/h6-11,14-16H,4-5,12-13,17H2,1-3H3. The lowest BCUT2D eigenvalue weighted by Crippen LogP contribution is -2.15. The van der Waals surface area contributed by atoms with Gasteiger partial charge in [0.2, 0.25) is 5.43 Å². The normalized spacial score (nSPS) is 12.4. The highest BCUT2D eigenvalue weighted by Crippen LogP contribution is 2.36. The first kappa shape index (κ1) is 24.4. The molecular weight excluding hydrogens is 472 g/mol. The molecule has 0 atom stereocenters. The van der Waals surface area contributed by atoms with Crippen LogP contribution in [-0.2, 0) is 6.42 Å². The Labute approximate surface area is 214 Å². The van der Waals surface area contributed by atoms with Crippen molar-refractivity contribution in [2.24, 2.45) is 0 Å². The van der Waals surface area contributed by atoms with Gasteiger partial charge in [0.15, 0.2) is 23.9 Å². The summed E-state index contributed by atoms with van der Waals surface area (Å²) in [4.78, 5) is 26.4. The van der Waals surface area contributed by atoms with Gasteiger partial charge in [-0.1, -0.05) is 19.4 Å². The number of carbonyl (C=O) groups is 1. The van der Waals surface area contributed by atoms with Crippen LogP contribution in [0.1, 0.15) is 35.0 Å². The van der Waals surface area contributed by atoms with Crippen molar-refractivity contribution >= 4 is 16.8 Å². The maximum Gasteiger partial charge on any atom is 0.200 e. The largest absolute Gasteiger partial charge is 0.497 e. The summed E-state index contributed by atoms with van der Waals surface area (Å²) in [6.45, 7) is 4.65. The molecule has 0 amide bonds. The Balaban J connectivity index is 1.49. The van der Waals surface area contributed by atoms with Crippen LogP contribution in [0.5, 0.6) is 23.0 Å². The zero-order valence-corrected chi connectivity index (χ0v) is 21.1. The van der Waals surface area contributed by atoms with Gasteiger partial charge in [-0.05, 0) is 66.9 Å². The van der Waals surface area contributed by atoms with Gasteiger partial charge in [0, 0.05) is 11.6 Å². The lowest BCUT2D eigenvalue weighted by atomic mass is 9.99. The molecule has 3 aromatic carbocycles. The second-order valence-electron chi connectivity index (χ2n) is 8.87. The lowest BCUT2D eigenvalue weighted by Gasteiger charge is -2.19. The third-order valence-electron chi connectivity index (χ3n) is 6.37. The summed E-state index contributed by atoms with van der Waals surface area (Å²) in [6.07, 6.45) is 1.54. The predicted octanol–water partition coefficient (Wildman–Crippen LogP) is 5.76. The van der Waals surface area contributed by atoms with E-state index in [-0.39, 0.29) is 17.8 Å². The predicted molar refractivity (Wildman–Crippen MR) is 140 cm³/mol. The third kappa shape index (κ3) is 4.89. The van der Waals surface area contributed by atoms with Gasteiger partial charge in [-0.25, -0.2) is 0 Å². The van der Waals surface area contributed by atoms with E-state index in [4.69, 9.17) is 23.4 Å². The fourth-order valence-corrected chi connectivity index (χ4v) is 4.51. The van der Waals surface area contributed by atoms with Crippen molar-refractivity contribution in [2.45, 2.75) is 26.7 Å². The Morgan fingerprint density at radius 3 is 2.46 bits per heavy atom. The van der Waals surface area contributed by atoms with Crippen molar-refractivity contribution in [3.8, 4) is 34.1 Å². The van der Waals surface area contributed by atoms with Gasteiger partial charge in [0.25, 0.3) is 0 Å². The fraction of sp³-hybridized carbons (Fsp3) is 0.267. The van der Waals surface area contributed by atoms with Crippen LogP contribution < -0.4 is 24.4 Å². The molecule has 0 saturated carbocycles. The van der Waals surface area contributed by atoms with E-state index in [1.807, 2.05) is 24.3 Å².